The van der Waals surface area contributed by atoms with E-state index in [2.05, 4.69) is 5.32 Å². The molecular formula is C15H20ClNO3. The molecule has 0 aliphatic heterocycles. The van der Waals surface area contributed by atoms with Gasteiger partial charge in [0.15, 0.2) is 0 Å². The first kappa shape index (κ1) is 16.5. The Balaban J connectivity index is 2.99. The van der Waals surface area contributed by atoms with Crippen LogP contribution in [0.3, 0.4) is 0 Å². The van der Waals surface area contributed by atoms with Crippen LogP contribution in [0.4, 0.5) is 0 Å². The van der Waals surface area contributed by atoms with Gasteiger partial charge in [-0.25, -0.2) is 4.79 Å². The monoisotopic (exact) mass is 297 g/mol. The van der Waals surface area contributed by atoms with Gasteiger partial charge in [-0.3, -0.25) is 4.79 Å². The molecule has 1 aromatic carbocycles. The van der Waals surface area contributed by atoms with Gasteiger partial charge in [-0.15, -0.1) is 0 Å². The van der Waals surface area contributed by atoms with E-state index in [0.717, 1.165) is 11.1 Å². The van der Waals surface area contributed by atoms with E-state index in [9.17, 15) is 9.59 Å². The number of benzene rings is 1. The lowest BCUT2D eigenvalue weighted by atomic mass is 9.95. The third-order valence-electron chi connectivity index (χ3n) is 3.04. The molecule has 4 nitrogen and oxygen atoms in total. The first-order valence-electron chi connectivity index (χ1n) is 6.33. The predicted octanol–water partition coefficient (Wildman–Crippen LogP) is 3.10. The standard InChI is InChI=1S/C15H20ClNO3/c1-9-10(8-17-14(19)15(2,3)4)6-7-11(16)12(9)13(18)20-5/h6-7H,8H2,1-5H3,(H,17,19). The maximum atomic E-state index is 11.9. The number of nitrogens with one attached hydrogen (secondary N) is 1. The van der Waals surface area contributed by atoms with Crippen LogP contribution in [0.2, 0.25) is 5.02 Å². The number of hydrogen-bond donors (Lipinski definition) is 1. The molecule has 0 aromatic heterocycles. The Hall–Kier alpha value is -1.55. The summed E-state index contributed by atoms with van der Waals surface area (Å²) in [6.07, 6.45) is 0. The molecule has 1 N–H and O–H groups in total. The zero-order chi connectivity index (χ0) is 15.5. The summed E-state index contributed by atoms with van der Waals surface area (Å²) >= 11 is 6.02. The van der Waals surface area contributed by atoms with Crippen LogP contribution in [0.1, 0.15) is 42.3 Å². The highest BCUT2D eigenvalue weighted by Gasteiger charge is 2.22. The number of esters is 1. The van der Waals surface area contributed by atoms with Gasteiger partial charge in [0.1, 0.15) is 0 Å². The highest BCUT2D eigenvalue weighted by atomic mass is 35.5. The highest BCUT2D eigenvalue weighted by Crippen LogP contribution is 2.24. The van der Waals surface area contributed by atoms with E-state index >= 15 is 0 Å². The number of amides is 1. The van der Waals surface area contributed by atoms with Crippen molar-refractivity contribution in [2.24, 2.45) is 5.41 Å². The number of ether oxygens (including phenoxy) is 1. The molecule has 1 rings (SSSR count). The van der Waals surface area contributed by atoms with Crippen LogP contribution in [0.25, 0.3) is 0 Å². The first-order valence-corrected chi connectivity index (χ1v) is 6.71. The van der Waals surface area contributed by atoms with Gasteiger partial charge in [0, 0.05) is 12.0 Å². The molecule has 0 heterocycles. The Bertz CT molecular complexity index is 533. The highest BCUT2D eigenvalue weighted by molar-refractivity contribution is 6.33. The van der Waals surface area contributed by atoms with Gasteiger partial charge < -0.3 is 10.1 Å². The van der Waals surface area contributed by atoms with Crippen LogP contribution in [0, 0.1) is 12.3 Å². The molecule has 0 saturated carbocycles. The van der Waals surface area contributed by atoms with Gasteiger partial charge >= 0.3 is 5.97 Å². The van der Waals surface area contributed by atoms with Crippen molar-refractivity contribution in [3.63, 3.8) is 0 Å². The molecule has 0 fully saturated rings. The molecule has 0 unspecified atom stereocenters. The smallest absolute Gasteiger partial charge is 0.339 e. The van der Waals surface area contributed by atoms with Crippen molar-refractivity contribution >= 4 is 23.5 Å². The molecule has 1 aromatic rings. The zero-order valence-corrected chi connectivity index (χ0v) is 13.2. The van der Waals surface area contributed by atoms with E-state index < -0.39 is 11.4 Å². The van der Waals surface area contributed by atoms with Crippen LogP contribution >= 0.6 is 11.6 Å². The summed E-state index contributed by atoms with van der Waals surface area (Å²) in [6, 6.07) is 3.44. The van der Waals surface area contributed by atoms with E-state index in [1.807, 2.05) is 20.8 Å². The minimum absolute atomic E-state index is 0.0496. The molecule has 0 aliphatic rings. The Labute approximate surface area is 124 Å². The average Bonchev–Trinajstić information content (AvgIpc) is 2.36. The first-order chi connectivity index (χ1) is 9.18. The van der Waals surface area contributed by atoms with Crippen molar-refractivity contribution in [1.82, 2.24) is 5.32 Å². The van der Waals surface area contributed by atoms with E-state index in [1.165, 1.54) is 7.11 Å². The minimum atomic E-state index is -0.475. The Morgan fingerprint density at radius 2 is 1.90 bits per heavy atom. The van der Waals surface area contributed by atoms with Gasteiger partial charge in [-0.2, -0.15) is 0 Å². The van der Waals surface area contributed by atoms with Gasteiger partial charge in [-0.1, -0.05) is 38.4 Å². The molecule has 1 amide bonds. The number of rotatable bonds is 3. The molecule has 0 atom stereocenters. The largest absolute Gasteiger partial charge is 0.465 e. The van der Waals surface area contributed by atoms with Gasteiger partial charge in [0.2, 0.25) is 5.91 Å². The Kier molecular flexibility index (Phi) is 5.17. The van der Waals surface area contributed by atoms with Crippen LogP contribution < -0.4 is 5.32 Å². The lowest BCUT2D eigenvalue weighted by molar-refractivity contribution is -0.128. The van der Waals surface area contributed by atoms with Gasteiger partial charge in [0.25, 0.3) is 0 Å². The van der Waals surface area contributed by atoms with E-state index in [1.54, 1.807) is 19.1 Å². The summed E-state index contributed by atoms with van der Waals surface area (Å²) in [6.45, 7) is 7.67. The lowest BCUT2D eigenvalue weighted by Gasteiger charge is -2.19. The quantitative estimate of drug-likeness (QED) is 0.872. The number of hydrogen-bond acceptors (Lipinski definition) is 3. The Morgan fingerprint density at radius 1 is 1.30 bits per heavy atom. The third kappa shape index (κ3) is 3.73. The second-order valence-corrected chi connectivity index (χ2v) is 6.04. The summed E-state index contributed by atoms with van der Waals surface area (Å²) in [7, 11) is 1.31. The number of carbonyl (C=O) groups is 2. The average molecular weight is 298 g/mol. The normalized spacial score (nSPS) is 11.1. The summed E-state index contributed by atoms with van der Waals surface area (Å²) in [5.74, 6) is -0.525. The maximum Gasteiger partial charge on any atom is 0.339 e. The van der Waals surface area contributed by atoms with Crippen LogP contribution in [0.5, 0.6) is 0 Å². The van der Waals surface area contributed by atoms with Crippen LogP contribution in [0.15, 0.2) is 12.1 Å². The molecule has 0 spiro atoms. The van der Waals surface area contributed by atoms with Crippen LogP contribution in [-0.2, 0) is 16.1 Å². The number of methoxy groups -OCH3 is 1. The molecule has 0 radical (unpaired) electrons. The third-order valence-corrected chi connectivity index (χ3v) is 3.35. The summed E-state index contributed by atoms with van der Waals surface area (Å²) in [4.78, 5) is 23.6. The fraction of sp³-hybridized carbons (Fsp3) is 0.467. The molecule has 20 heavy (non-hydrogen) atoms. The summed E-state index contributed by atoms with van der Waals surface area (Å²) < 4.78 is 4.72. The van der Waals surface area contributed by atoms with Crippen molar-refractivity contribution in [2.45, 2.75) is 34.2 Å². The minimum Gasteiger partial charge on any atom is -0.465 e. The van der Waals surface area contributed by atoms with Crippen molar-refractivity contribution in [3.05, 3.63) is 33.8 Å². The Morgan fingerprint density at radius 3 is 2.40 bits per heavy atom. The fourth-order valence-corrected chi connectivity index (χ4v) is 1.99. The summed E-state index contributed by atoms with van der Waals surface area (Å²) in [5.41, 5.74) is 1.45. The predicted molar refractivity (Wildman–Crippen MR) is 78.8 cm³/mol. The van der Waals surface area contributed by atoms with E-state index in [4.69, 9.17) is 16.3 Å². The van der Waals surface area contributed by atoms with Crippen molar-refractivity contribution in [1.29, 1.82) is 0 Å². The zero-order valence-electron chi connectivity index (χ0n) is 12.5. The topological polar surface area (TPSA) is 55.4 Å². The molecule has 5 heteroatoms. The SMILES string of the molecule is COC(=O)c1c(Cl)ccc(CNC(=O)C(C)(C)C)c1C. The second-order valence-electron chi connectivity index (χ2n) is 5.63. The fourth-order valence-electron chi connectivity index (χ4n) is 1.71. The summed E-state index contributed by atoms with van der Waals surface area (Å²) in [5, 5.41) is 3.20. The van der Waals surface area contributed by atoms with E-state index in [0.29, 0.717) is 17.1 Å². The van der Waals surface area contributed by atoms with Crippen LogP contribution in [-0.4, -0.2) is 19.0 Å². The van der Waals surface area contributed by atoms with Crippen molar-refractivity contribution < 1.29 is 14.3 Å². The van der Waals surface area contributed by atoms with Gasteiger partial charge in [-0.05, 0) is 24.1 Å². The van der Waals surface area contributed by atoms with Crippen molar-refractivity contribution in [3.8, 4) is 0 Å². The van der Waals surface area contributed by atoms with Gasteiger partial charge in [0.05, 0.1) is 17.7 Å². The number of carbonyl (C=O) groups excluding carboxylic acids is 2. The maximum absolute atomic E-state index is 11.9. The van der Waals surface area contributed by atoms with Crippen molar-refractivity contribution in [2.75, 3.05) is 7.11 Å². The van der Waals surface area contributed by atoms with E-state index in [-0.39, 0.29) is 5.91 Å². The molecule has 0 saturated heterocycles. The lowest BCUT2D eigenvalue weighted by Crippen LogP contribution is -2.34. The molecule has 0 bridgehead atoms. The second kappa shape index (κ2) is 6.27. The number of halogens is 1. The molecule has 110 valence electrons. The molecular weight excluding hydrogens is 278 g/mol. The molecule has 0 aliphatic carbocycles.